The minimum Gasteiger partial charge on any atom is -0.481 e. The summed E-state index contributed by atoms with van der Waals surface area (Å²) in [4.78, 5) is 18.1. The molecule has 1 aromatic heterocycles. The lowest BCUT2D eigenvalue weighted by Crippen LogP contribution is -2.36. The zero-order chi connectivity index (χ0) is 12.1. The number of rotatable bonds is 6. The molecule has 5 heteroatoms. The number of thiazole rings is 1. The first-order chi connectivity index (χ1) is 7.56. The fourth-order valence-corrected chi connectivity index (χ4v) is 2.63. The standard InChI is InChI=1S/C11H18N2O2S/c1-4-13(8(2)5-11(14)15)9(3)10-6-12-7-16-10/h6-9H,4-5H2,1-3H3,(H,14,15). The Morgan fingerprint density at radius 2 is 2.31 bits per heavy atom. The van der Waals surface area contributed by atoms with Crippen molar-refractivity contribution in [2.45, 2.75) is 39.3 Å². The maximum Gasteiger partial charge on any atom is 0.304 e. The van der Waals surface area contributed by atoms with E-state index < -0.39 is 5.97 Å². The van der Waals surface area contributed by atoms with E-state index in [1.807, 2.05) is 18.6 Å². The first kappa shape index (κ1) is 13.1. The van der Waals surface area contributed by atoms with Crippen molar-refractivity contribution >= 4 is 17.3 Å². The van der Waals surface area contributed by atoms with Gasteiger partial charge in [0.05, 0.1) is 11.9 Å². The summed E-state index contributed by atoms with van der Waals surface area (Å²) in [6, 6.07) is 0.270. The predicted molar refractivity (Wildman–Crippen MR) is 64.6 cm³/mol. The molecule has 0 aliphatic carbocycles. The van der Waals surface area contributed by atoms with Gasteiger partial charge >= 0.3 is 5.97 Å². The molecule has 0 fully saturated rings. The van der Waals surface area contributed by atoms with Crippen LogP contribution in [0.1, 0.15) is 38.1 Å². The van der Waals surface area contributed by atoms with Gasteiger partial charge in [0.25, 0.3) is 0 Å². The average molecular weight is 242 g/mol. The van der Waals surface area contributed by atoms with Crippen LogP contribution in [-0.2, 0) is 4.79 Å². The van der Waals surface area contributed by atoms with Crippen molar-refractivity contribution in [2.24, 2.45) is 0 Å². The molecule has 0 aromatic carbocycles. The second-order valence-electron chi connectivity index (χ2n) is 3.86. The molecule has 0 saturated carbocycles. The zero-order valence-electron chi connectivity index (χ0n) is 9.88. The molecule has 0 saturated heterocycles. The van der Waals surface area contributed by atoms with Crippen LogP contribution in [0.15, 0.2) is 11.7 Å². The highest BCUT2D eigenvalue weighted by atomic mass is 32.1. The van der Waals surface area contributed by atoms with Gasteiger partial charge in [0.15, 0.2) is 0 Å². The molecule has 2 unspecified atom stereocenters. The topological polar surface area (TPSA) is 53.4 Å². The van der Waals surface area contributed by atoms with E-state index in [4.69, 9.17) is 5.11 Å². The van der Waals surface area contributed by atoms with Gasteiger partial charge in [-0.25, -0.2) is 0 Å². The number of aliphatic carboxylic acids is 1. The average Bonchev–Trinajstić information content (AvgIpc) is 2.69. The third-order valence-corrected chi connectivity index (χ3v) is 3.71. The third-order valence-electron chi connectivity index (χ3n) is 2.76. The van der Waals surface area contributed by atoms with Crippen LogP contribution in [-0.4, -0.2) is 33.5 Å². The number of nitrogens with zero attached hydrogens (tertiary/aromatic N) is 2. The molecule has 1 N–H and O–H groups in total. The summed E-state index contributed by atoms with van der Waals surface area (Å²) >= 11 is 1.61. The Kier molecular flexibility index (Phi) is 4.89. The van der Waals surface area contributed by atoms with Crippen molar-refractivity contribution in [1.29, 1.82) is 0 Å². The summed E-state index contributed by atoms with van der Waals surface area (Å²) in [6.45, 7) is 6.94. The van der Waals surface area contributed by atoms with Gasteiger partial charge in [-0.2, -0.15) is 0 Å². The fourth-order valence-electron chi connectivity index (χ4n) is 1.93. The van der Waals surface area contributed by atoms with Gasteiger partial charge in [0.2, 0.25) is 0 Å². The second-order valence-corrected chi connectivity index (χ2v) is 4.78. The lowest BCUT2D eigenvalue weighted by atomic mass is 10.1. The van der Waals surface area contributed by atoms with E-state index in [1.165, 1.54) is 4.88 Å². The van der Waals surface area contributed by atoms with Gasteiger partial charge in [-0.1, -0.05) is 6.92 Å². The first-order valence-electron chi connectivity index (χ1n) is 5.42. The van der Waals surface area contributed by atoms with E-state index in [0.717, 1.165) is 6.54 Å². The van der Waals surface area contributed by atoms with Crippen LogP contribution in [0, 0.1) is 0 Å². The van der Waals surface area contributed by atoms with E-state index >= 15 is 0 Å². The third kappa shape index (κ3) is 3.28. The van der Waals surface area contributed by atoms with Gasteiger partial charge in [-0.05, 0) is 20.4 Å². The van der Waals surface area contributed by atoms with Gasteiger partial charge < -0.3 is 5.11 Å². The quantitative estimate of drug-likeness (QED) is 0.832. The Labute approximate surface area is 99.9 Å². The minimum atomic E-state index is -0.748. The van der Waals surface area contributed by atoms with Crippen LogP contribution in [0.3, 0.4) is 0 Å². The molecule has 1 heterocycles. The Bertz CT molecular complexity index is 327. The summed E-state index contributed by atoms with van der Waals surface area (Å²) < 4.78 is 0. The normalized spacial score (nSPS) is 15.0. The molecule has 4 nitrogen and oxygen atoms in total. The molecule has 16 heavy (non-hydrogen) atoms. The summed E-state index contributed by atoms with van der Waals surface area (Å²) in [7, 11) is 0. The monoisotopic (exact) mass is 242 g/mol. The molecule has 90 valence electrons. The summed E-state index contributed by atoms with van der Waals surface area (Å²) in [5.74, 6) is -0.748. The summed E-state index contributed by atoms with van der Waals surface area (Å²) in [6.07, 6.45) is 2.03. The van der Waals surface area contributed by atoms with Crippen molar-refractivity contribution in [3.8, 4) is 0 Å². The van der Waals surface area contributed by atoms with E-state index in [2.05, 4.69) is 23.7 Å². The molecule has 1 rings (SSSR count). The number of aromatic nitrogens is 1. The summed E-state index contributed by atoms with van der Waals surface area (Å²) in [5.41, 5.74) is 1.81. The van der Waals surface area contributed by atoms with E-state index in [0.29, 0.717) is 0 Å². The molecule has 0 aliphatic heterocycles. The lowest BCUT2D eigenvalue weighted by molar-refractivity contribution is -0.138. The largest absolute Gasteiger partial charge is 0.481 e. The maximum atomic E-state index is 10.7. The second kappa shape index (κ2) is 5.96. The van der Waals surface area contributed by atoms with Gasteiger partial charge in [-0.3, -0.25) is 14.7 Å². The van der Waals surface area contributed by atoms with Crippen molar-refractivity contribution in [3.05, 3.63) is 16.6 Å². The zero-order valence-corrected chi connectivity index (χ0v) is 10.7. The van der Waals surface area contributed by atoms with Crippen molar-refractivity contribution in [3.63, 3.8) is 0 Å². The van der Waals surface area contributed by atoms with Crippen molar-refractivity contribution in [1.82, 2.24) is 9.88 Å². The predicted octanol–water partition coefficient (Wildman–Crippen LogP) is 2.39. The molecule has 0 bridgehead atoms. The molecular weight excluding hydrogens is 224 g/mol. The number of carboxylic acid groups (broad SMARTS) is 1. The van der Waals surface area contributed by atoms with Crippen LogP contribution in [0.25, 0.3) is 0 Å². The smallest absolute Gasteiger partial charge is 0.304 e. The van der Waals surface area contributed by atoms with Gasteiger partial charge in [0.1, 0.15) is 0 Å². The molecule has 0 amide bonds. The number of hydrogen-bond acceptors (Lipinski definition) is 4. The molecule has 0 radical (unpaired) electrons. The highest BCUT2D eigenvalue weighted by Crippen LogP contribution is 2.25. The highest BCUT2D eigenvalue weighted by molar-refractivity contribution is 7.09. The van der Waals surface area contributed by atoms with Crippen LogP contribution < -0.4 is 0 Å². The number of hydrogen-bond donors (Lipinski definition) is 1. The van der Waals surface area contributed by atoms with Crippen LogP contribution in [0.2, 0.25) is 0 Å². The van der Waals surface area contributed by atoms with Crippen molar-refractivity contribution < 1.29 is 9.90 Å². The molecule has 0 spiro atoms. The fraction of sp³-hybridized carbons (Fsp3) is 0.636. The van der Waals surface area contributed by atoms with Crippen LogP contribution in [0.5, 0.6) is 0 Å². The van der Waals surface area contributed by atoms with Crippen LogP contribution in [0.4, 0.5) is 0 Å². The minimum absolute atomic E-state index is 0.0413. The summed E-state index contributed by atoms with van der Waals surface area (Å²) in [5, 5.41) is 8.80. The SMILES string of the molecule is CCN(C(C)CC(=O)O)C(C)c1cncs1. The van der Waals surface area contributed by atoms with E-state index in [9.17, 15) is 4.79 Å². The lowest BCUT2D eigenvalue weighted by Gasteiger charge is -2.32. The maximum absolute atomic E-state index is 10.7. The Morgan fingerprint density at radius 3 is 2.75 bits per heavy atom. The molecule has 1 aromatic rings. The van der Waals surface area contributed by atoms with E-state index in [1.54, 1.807) is 11.3 Å². The molecule has 2 atom stereocenters. The molecule has 0 aliphatic rings. The van der Waals surface area contributed by atoms with Crippen LogP contribution >= 0.6 is 11.3 Å². The Balaban J connectivity index is 2.70. The van der Waals surface area contributed by atoms with Gasteiger partial charge in [-0.15, -0.1) is 11.3 Å². The Hall–Kier alpha value is -0.940. The highest BCUT2D eigenvalue weighted by Gasteiger charge is 2.22. The Morgan fingerprint density at radius 1 is 1.62 bits per heavy atom. The number of carbonyl (C=O) groups is 1. The first-order valence-corrected chi connectivity index (χ1v) is 6.30. The van der Waals surface area contributed by atoms with Gasteiger partial charge in [0, 0.05) is 23.2 Å². The van der Waals surface area contributed by atoms with E-state index in [-0.39, 0.29) is 18.5 Å². The number of carboxylic acids is 1. The van der Waals surface area contributed by atoms with Crippen molar-refractivity contribution in [2.75, 3.05) is 6.54 Å². The molecular formula is C11H18N2O2S.